The SMILES string of the molecule is COC(C)(C)C1(N)COC1. The third-order valence-corrected chi connectivity index (χ3v) is 2.43. The number of ether oxygens (including phenoxy) is 2. The summed E-state index contributed by atoms with van der Waals surface area (Å²) in [5.41, 5.74) is 5.39. The molecule has 60 valence electrons. The summed E-state index contributed by atoms with van der Waals surface area (Å²) < 4.78 is 10.3. The summed E-state index contributed by atoms with van der Waals surface area (Å²) in [6.07, 6.45) is 0. The number of rotatable bonds is 2. The Kier molecular flexibility index (Phi) is 1.75. The highest BCUT2D eigenvalue weighted by Crippen LogP contribution is 2.29. The summed E-state index contributed by atoms with van der Waals surface area (Å²) in [4.78, 5) is 0. The first-order valence-electron chi connectivity index (χ1n) is 3.44. The Hall–Kier alpha value is -0.120. The highest BCUT2D eigenvalue weighted by Gasteiger charge is 2.48. The van der Waals surface area contributed by atoms with Crippen LogP contribution in [0.1, 0.15) is 13.8 Å². The van der Waals surface area contributed by atoms with E-state index in [-0.39, 0.29) is 11.1 Å². The summed E-state index contributed by atoms with van der Waals surface area (Å²) in [7, 11) is 1.67. The maximum Gasteiger partial charge on any atom is 0.0916 e. The Morgan fingerprint density at radius 2 is 2.00 bits per heavy atom. The second-order valence-corrected chi connectivity index (χ2v) is 3.36. The Bertz CT molecular complexity index is 120. The van der Waals surface area contributed by atoms with Crippen molar-refractivity contribution in [3.8, 4) is 0 Å². The van der Waals surface area contributed by atoms with Crippen molar-refractivity contribution in [2.75, 3.05) is 20.3 Å². The fourth-order valence-electron chi connectivity index (χ4n) is 0.873. The normalized spacial score (nSPS) is 24.0. The van der Waals surface area contributed by atoms with Gasteiger partial charge in [0.05, 0.1) is 24.4 Å². The van der Waals surface area contributed by atoms with Gasteiger partial charge < -0.3 is 15.2 Å². The van der Waals surface area contributed by atoms with Crippen molar-refractivity contribution in [2.24, 2.45) is 5.73 Å². The molecule has 0 aromatic rings. The van der Waals surface area contributed by atoms with E-state index in [9.17, 15) is 0 Å². The summed E-state index contributed by atoms with van der Waals surface area (Å²) in [6.45, 7) is 5.17. The van der Waals surface area contributed by atoms with E-state index in [1.807, 2.05) is 13.8 Å². The second-order valence-electron chi connectivity index (χ2n) is 3.36. The highest BCUT2D eigenvalue weighted by atomic mass is 16.5. The molecule has 0 amide bonds. The van der Waals surface area contributed by atoms with Crippen LogP contribution in [-0.4, -0.2) is 31.5 Å². The molecule has 0 aromatic carbocycles. The van der Waals surface area contributed by atoms with E-state index in [1.54, 1.807) is 7.11 Å². The van der Waals surface area contributed by atoms with Gasteiger partial charge in [-0.2, -0.15) is 0 Å². The van der Waals surface area contributed by atoms with Crippen LogP contribution in [0.2, 0.25) is 0 Å². The minimum absolute atomic E-state index is 0.273. The molecule has 0 saturated carbocycles. The van der Waals surface area contributed by atoms with Gasteiger partial charge in [-0.3, -0.25) is 0 Å². The molecule has 1 saturated heterocycles. The molecule has 0 bridgehead atoms. The lowest BCUT2D eigenvalue weighted by Gasteiger charge is -2.48. The van der Waals surface area contributed by atoms with Gasteiger partial charge in [0.15, 0.2) is 0 Å². The van der Waals surface area contributed by atoms with Crippen molar-refractivity contribution >= 4 is 0 Å². The quantitative estimate of drug-likeness (QED) is 0.601. The minimum atomic E-state index is -0.276. The van der Waals surface area contributed by atoms with Crippen molar-refractivity contribution in [3.05, 3.63) is 0 Å². The largest absolute Gasteiger partial charge is 0.377 e. The molecule has 0 spiro atoms. The predicted octanol–water partition coefficient (Wildman–Crippen LogP) is 0.139. The van der Waals surface area contributed by atoms with Crippen LogP contribution in [-0.2, 0) is 9.47 Å². The molecule has 2 N–H and O–H groups in total. The molecule has 1 heterocycles. The van der Waals surface area contributed by atoms with Gasteiger partial charge in [-0.1, -0.05) is 0 Å². The lowest BCUT2D eigenvalue weighted by molar-refractivity contribution is -0.162. The van der Waals surface area contributed by atoms with Crippen molar-refractivity contribution in [1.29, 1.82) is 0 Å². The smallest absolute Gasteiger partial charge is 0.0916 e. The summed E-state index contributed by atoms with van der Waals surface area (Å²) in [5, 5.41) is 0. The molecular weight excluding hydrogens is 130 g/mol. The first-order chi connectivity index (χ1) is 4.52. The van der Waals surface area contributed by atoms with Crippen LogP contribution >= 0.6 is 0 Å². The molecule has 0 aliphatic carbocycles. The van der Waals surface area contributed by atoms with E-state index < -0.39 is 0 Å². The van der Waals surface area contributed by atoms with E-state index in [0.29, 0.717) is 13.2 Å². The molecule has 3 heteroatoms. The average Bonchev–Trinajstić information content (AvgIpc) is 1.82. The predicted molar refractivity (Wildman–Crippen MR) is 38.8 cm³/mol. The van der Waals surface area contributed by atoms with Crippen LogP contribution in [0.5, 0.6) is 0 Å². The van der Waals surface area contributed by atoms with Crippen LogP contribution < -0.4 is 5.73 Å². The number of hydrogen-bond donors (Lipinski definition) is 1. The van der Waals surface area contributed by atoms with Crippen LogP contribution in [0, 0.1) is 0 Å². The molecule has 0 unspecified atom stereocenters. The van der Waals surface area contributed by atoms with Gasteiger partial charge in [0.1, 0.15) is 0 Å². The van der Waals surface area contributed by atoms with E-state index in [0.717, 1.165) is 0 Å². The van der Waals surface area contributed by atoms with Crippen molar-refractivity contribution in [1.82, 2.24) is 0 Å². The van der Waals surface area contributed by atoms with Gasteiger partial charge >= 0.3 is 0 Å². The average molecular weight is 145 g/mol. The third kappa shape index (κ3) is 0.944. The lowest BCUT2D eigenvalue weighted by atomic mass is 9.81. The van der Waals surface area contributed by atoms with Crippen molar-refractivity contribution in [3.63, 3.8) is 0 Å². The monoisotopic (exact) mass is 145 g/mol. The minimum Gasteiger partial charge on any atom is -0.377 e. The fourth-order valence-corrected chi connectivity index (χ4v) is 0.873. The zero-order chi connectivity index (χ0) is 7.83. The molecule has 0 atom stereocenters. The van der Waals surface area contributed by atoms with Crippen molar-refractivity contribution < 1.29 is 9.47 Å². The Morgan fingerprint density at radius 1 is 1.50 bits per heavy atom. The molecule has 0 aromatic heterocycles. The van der Waals surface area contributed by atoms with Crippen LogP contribution in [0.25, 0.3) is 0 Å². The van der Waals surface area contributed by atoms with Gasteiger partial charge in [-0.25, -0.2) is 0 Å². The molecule has 1 rings (SSSR count). The van der Waals surface area contributed by atoms with Crippen LogP contribution in [0.4, 0.5) is 0 Å². The first kappa shape index (κ1) is 7.98. The standard InChI is InChI=1S/C7H15NO2/c1-6(2,9-3)7(8)4-10-5-7/h4-5,8H2,1-3H3. The summed E-state index contributed by atoms with van der Waals surface area (Å²) >= 11 is 0. The number of nitrogens with two attached hydrogens (primary N) is 1. The van der Waals surface area contributed by atoms with Crippen LogP contribution in [0.3, 0.4) is 0 Å². The molecule has 1 aliphatic rings. The maximum absolute atomic E-state index is 5.94. The van der Waals surface area contributed by atoms with Crippen molar-refractivity contribution in [2.45, 2.75) is 25.0 Å². The molecule has 0 radical (unpaired) electrons. The van der Waals surface area contributed by atoms with Gasteiger partial charge in [0.25, 0.3) is 0 Å². The molecular formula is C7H15NO2. The van der Waals surface area contributed by atoms with Gasteiger partial charge in [-0.15, -0.1) is 0 Å². The summed E-state index contributed by atoms with van der Waals surface area (Å²) in [5.74, 6) is 0. The molecule has 10 heavy (non-hydrogen) atoms. The third-order valence-electron chi connectivity index (χ3n) is 2.43. The first-order valence-corrected chi connectivity index (χ1v) is 3.44. The topological polar surface area (TPSA) is 44.5 Å². The van der Waals surface area contributed by atoms with E-state index in [2.05, 4.69) is 0 Å². The molecule has 3 nitrogen and oxygen atoms in total. The van der Waals surface area contributed by atoms with Gasteiger partial charge in [0.2, 0.25) is 0 Å². The van der Waals surface area contributed by atoms with Gasteiger partial charge in [-0.05, 0) is 13.8 Å². The lowest BCUT2D eigenvalue weighted by Crippen LogP contribution is -2.70. The molecule has 1 aliphatic heterocycles. The van der Waals surface area contributed by atoms with E-state index in [1.165, 1.54) is 0 Å². The van der Waals surface area contributed by atoms with Gasteiger partial charge in [0, 0.05) is 7.11 Å². The fraction of sp³-hybridized carbons (Fsp3) is 1.00. The van der Waals surface area contributed by atoms with E-state index >= 15 is 0 Å². The highest BCUT2D eigenvalue weighted by molar-refractivity contribution is 5.04. The molecule has 1 fully saturated rings. The zero-order valence-corrected chi connectivity index (χ0v) is 6.81. The zero-order valence-electron chi connectivity index (χ0n) is 6.81. The maximum atomic E-state index is 5.94. The number of hydrogen-bond acceptors (Lipinski definition) is 3. The second kappa shape index (κ2) is 2.19. The summed E-state index contributed by atoms with van der Waals surface area (Å²) in [6, 6.07) is 0. The Morgan fingerprint density at radius 3 is 2.10 bits per heavy atom. The van der Waals surface area contributed by atoms with E-state index in [4.69, 9.17) is 15.2 Å². The van der Waals surface area contributed by atoms with Crippen LogP contribution in [0.15, 0.2) is 0 Å². The Labute approximate surface area is 61.5 Å². The Balaban J connectivity index is 2.61. The number of methoxy groups -OCH3 is 1.